The fraction of sp³-hybridized carbons (Fsp3) is 0.524. The van der Waals surface area contributed by atoms with Crippen molar-refractivity contribution in [2.75, 3.05) is 13.1 Å². The van der Waals surface area contributed by atoms with Crippen LogP contribution in [0.2, 0.25) is 0 Å². The quantitative estimate of drug-likeness (QED) is 0.293. The maximum atomic E-state index is 6.11. The van der Waals surface area contributed by atoms with Crippen LogP contribution in [0.5, 0.6) is 5.75 Å². The third-order valence-corrected chi connectivity index (χ3v) is 5.85. The Balaban J connectivity index is 0.00000280. The van der Waals surface area contributed by atoms with Crippen LogP contribution < -0.4 is 15.4 Å². The number of hydrogen-bond donors (Lipinski definition) is 2. The minimum Gasteiger partial charge on any atom is -0.490 e. The van der Waals surface area contributed by atoms with E-state index in [9.17, 15) is 0 Å². The van der Waals surface area contributed by atoms with Gasteiger partial charge in [-0.2, -0.15) is 0 Å². The second-order valence-corrected chi connectivity index (χ2v) is 7.92. The molecule has 1 aromatic carbocycles. The SMILES string of the molecule is CCNC(=NCc1ccccc1OC1CCC1)NCCc1ncc(CC)s1.I. The van der Waals surface area contributed by atoms with Gasteiger partial charge in [-0.1, -0.05) is 25.1 Å². The molecule has 7 heteroatoms. The first-order valence-corrected chi connectivity index (χ1v) is 10.8. The molecule has 28 heavy (non-hydrogen) atoms. The van der Waals surface area contributed by atoms with Gasteiger partial charge in [0.05, 0.1) is 17.7 Å². The Morgan fingerprint density at radius 3 is 2.75 bits per heavy atom. The van der Waals surface area contributed by atoms with Gasteiger partial charge in [-0.3, -0.25) is 0 Å². The largest absolute Gasteiger partial charge is 0.490 e. The highest BCUT2D eigenvalue weighted by Crippen LogP contribution is 2.27. The number of rotatable bonds is 9. The number of ether oxygens (including phenoxy) is 1. The number of benzene rings is 1. The first-order valence-electron chi connectivity index (χ1n) is 9.98. The van der Waals surface area contributed by atoms with Gasteiger partial charge < -0.3 is 15.4 Å². The lowest BCUT2D eigenvalue weighted by molar-refractivity contribution is 0.119. The van der Waals surface area contributed by atoms with Crippen LogP contribution in [-0.2, 0) is 19.4 Å². The van der Waals surface area contributed by atoms with Crippen LogP contribution in [0.3, 0.4) is 0 Å². The molecule has 154 valence electrons. The minimum absolute atomic E-state index is 0. The summed E-state index contributed by atoms with van der Waals surface area (Å²) in [6.07, 6.45) is 7.94. The van der Waals surface area contributed by atoms with Gasteiger partial charge in [0.1, 0.15) is 5.75 Å². The van der Waals surface area contributed by atoms with Crippen molar-refractivity contribution in [3.63, 3.8) is 0 Å². The average Bonchev–Trinajstić information content (AvgIpc) is 3.11. The summed E-state index contributed by atoms with van der Waals surface area (Å²) in [5.74, 6) is 1.81. The molecule has 1 aromatic heterocycles. The van der Waals surface area contributed by atoms with Gasteiger partial charge in [0.15, 0.2) is 5.96 Å². The van der Waals surface area contributed by atoms with Crippen LogP contribution >= 0.6 is 35.3 Å². The molecule has 0 spiro atoms. The summed E-state index contributed by atoms with van der Waals surface area (Å²) in [6.45, 7) is 6.51. The Kier molecular flexibility index (Phi) is 10.0. The molecular formula is C21H31IN4OS. The number of aliphatic imine (C=N–C) groups is 1. The second-order valence-electron chi connectivity index (χ2n) is 6.72. The highest BCUT2D eigenvalue weighted by Gasteiger charge is 2.20. The molecule has 0 radical (unpaired) electrons. The molecule has 0 aliphatic heterocycles. The summed E-state index contributed by atoms with van der Waals surface area (Å²) in [5.41, 5.74) is 1.13. The molecule has 1 aliphatic carbocycles. The van der Waals surface area contributed by atoms with Crippen molar-refractivity contribution in [1.82, 2.24) is 15.6 Å². The third kappa shape index (κ3) is 6.92. The Bertz CT molecular complexity index is 746. The average molecular weight is 514 g/mol. The second kappa shape index (κ2) is 12.3. The molecule has 0 unspecified atom stereocenters. The van der Waals surface area contributed by atoms with Crippen molar-refractivity contribution in [2.45, 2.75) is 58.6 Å². The zero-order chi connectivity index (χ0) is 18.9. The Hall–Kier alpha value is -1.35. The lowest BCUT2D eigenvalue weighted by Crippen LogP contribution is -2.38. The Morgan fingerprint density at radius 2 is 2.07 bits per heavy atom. The first-order chi connectivity index (χ1) is 13.3. The Morgan fingerprint density at radius 1 is 1.25 bits per heavy atom. The van der Waals surface area contributed by atoms with E-state index in [2.05, 4.69) is 41.6 Å². The summed E-state index contributed by atoms with van der Waals surface area (Å²) in [4.78, 5) is 10.6. The number of hydrogen-bond acceptors (Lipinski definition) is 4. The molecule has 1 heterocycles. The molecular weight excluding hydrogens is 483 g/mol. The molecule has 1 saturated carbocycles. The van der Waals surface area contributed by atoms with Crippen LogP contribution in [0, 0.1) is 0 Å². The van der Waals surface area contributed by atoms with Crippen molar-refractivity contribution in [3.05, 3.63) is 45.9 Å². The summed E-state index contributed by atoms with van der Waals surface area (Å²) < 4.78 is 6.11. The van der Waals surface area contributed by atoms with E-state index in [-0.39, 0.29) is 24.0 Å². The molecule has 2 aromatic rings. The first kappa shape index (κ1) is 22.9. The lowest BCUT2D eigenvalue weighted by atomic mass is 9.96. The fourth-order valence-electron chi connectivity index (χ4n) is 2.84. The molecule has 2 N–H and O–H groups in total. The van der Waals surface area contributed by atoms with Crippen molar-refractivity contribution >= 4 is 41.3 Å². The van der Waals surface area contributed by atoms with Crippen LogP contribution in [0.25, 0.3) is 0 Å². The highest BCUT2D eigenvalue weighted by molar-refractivity contribution is 14.0. The van der Waals surface area contributed by atoms with E-state index >= 15 is 0 Å². The molecule has 0 saturated heterocycles. The number of aryl methyl sites for hydroxylation is 1. The highest BCUT2D eigenvalue weighted by atomic mass is 127. The van der Waals surface area contributed by atoms with E-state index < -0.39 is 0 Å². The zero-order valence-electron chi connectivity index (χ0n) is 16.7. The summed E-state index contributed by atoms with van der Waals surface area (Å²) in [6, 6.07) is 8.23. The van der Waals surface area contributed by atoms with Crippen LogP contribution in [0.1, 0.15) is 48.6 Å². The topological polar surface area (TPSA) is 58.5 Å². The van der Waals surface area contributed by atoms with Crippen molar-refractivity contribution in [3.8, 4) is 5.75 Å². The normalized spacial score (nSPS) is 14.1. The zero-order valence-corrected chi connectivity index (χ0v) is 19.9. The smallest absolute Gasteiger partial charge is 0.191 e. The Labute approximate surface area is 189 Å². The van der Waals surface area contributed by atoms with Gasteiger partial charge in [-0.15, -0.1) is 35.3 Å². The maximum absolute atomic E-state index is 6.11. The van der Waals surface area contributed by atoms with Gasteiger partial charge in [0.25, 0.3) is 0 Å². The monoisotopic (exact) mass is 514 g/mol. The number of thiazole rings is 1. The van der Waals surface area contributed by atoms with Crippen LogP contribution in [-0.4, -0.2) is 30.1 Å². The van der Waals surface area contributed by atoms with Gasteiger partial charge >= 0.3 is 0 Å². The number of nitrogens with one attached hydrogen (secondary N) is 2. The van der Waals surface area contributed by atoms with Crippen LogP contribution in [0.4, 0.5) is 0 Å². The maximum Gasteiger partial charge on any atom is 0.191 e. The summed E-state index contributed by atoms with van der Waals surface area (Å²) in [7, 11) is 0. The third-order valence-electron chi connectivity index (χ3n) is 4.65. The molecule has 1 aliphatic rings. The van der Waals surface area contributed by atoms with E-state index in [1.54, 1.807) is 11.3 Å². The molecule has 0 atom stereocenters. The minimum atomic E-state index is 0. The molecule has 0 bridgehead atoms. The van der Waals surface area contributed by atoms with E-state index in [1.165, 1.54) is 16.3 Å². The molecule has 1 fully saturated rings. The standard InChI is InChI=1S/C21H30N4OS.HI/c1-3-18-15-24-20(27-18)12-13-23-21(22-4-2)25-14-16-8-5-6-11-19(16)26-17-9-7-10-17;/h5-6,8,11,15,17H,3-4,7,9-10,12-14H2,1-2H3,(H2,22,23,25);1H. The van der Waals surface area contributed by atoms with E-state index in [0.717, 1.165) is 56.0 Å². The number of halogens is 1. The van der Waals surface area contributed by atoms with Crippen molar-refractivity contribution in [2.24, 2.45) is 4.99 Å². The van der Waals surface area contributed by atoms with E-state index in [4.69, 9.17) is 9.73 Å². The van der Waals surface area contributed by atoms with Crippen molar-refractivity contribution < 1.29 is 4.74 Å². The fourth-order valence-corrected chi connectivity index (χ4v) is 3.70. The van der Waals surface area contributed by atoms with Gasteiger partial charge in [0.2, 0.25) is 0 Å². The van der Waals surface area contributed by atoms with Gasteiger partial charge in [0, 0.05) is 36.1 Å². The number of nitrogens with zero attached hydrogens (tertiary/aromatic N) is 2. The van der Waals surface area contributed by atoms with E-state index in [1.807, 2.05) is 18.3 Å². The van der Waals surface area contributed by atoms with E-state index in [0.29, 0.717) is 12.6 Å². The van der Waals surface area contributed by atoms with Crippen molar-refractivity contribution in [1.29, 1.82) is 0 Å². The number of guanidine groups is 1. The van der Waals surface area contributed by atoms with Gasteiger partial charge in [-0.05, 0) is 38.7 Å². The lowest BCUT2D eigenvalue weighted by Gasteiger charge is -2.27. The summed E-state index contributed by atoms with van der Waals surface area (Å²) in [5, 5.41) is 7.91. The predicted molar refractivity (Wildman–Crippen MR) is 128 cm³/mol. The summed E-state index contributed by atoms with van der Waals surface area (Å²) >= 11 is 1.80. The number of aromatic nitrogens is 1. The molecule has 5 nitrogen and oxygen atoms in total. The van der Waals surface area contributed by atoms with Crippen LogP contribution in [0.15, 0.2) is 35.5 Å². The number of para-hydroxylation sites is 1. The van der Waals surface area contributed by atoms with Gasteiger partial charge in [-0.25, -0.2) is 9.98 Å². The molecule has 0 amide bonds. The predicted octanol–water partition coefficient (Wildman–Crippen LogP) is 4.55. The molecule has 3 rings (SSSR count).